The Kier molecular flexibility index (Phi) is 7.39. The predicted molar refractivity (Wildman–Crippen MR) is 163 cm³/mol. The van der Waals surface area contributed by atoms with Gasteiger partial charge in [0.05, 0.1) is 23.6 Å². The molecule has 2 atom stereocenters. The summed E-state index contributed by atoms with van der Waals surface area (Å²) in [5.41, 5.74) is 4.41. The first-order valence-electron chi connectivity index (χ1n) is 14.5. The minimum atomic E-state index is -0.909. The summed E-state index contributed by atoms with van der Waals surface area (Å²) < 4.78 is 13.3. The quantitative estimate of drug-likeness (QED) is 0.331. The molecule has 6 heterocycles. The van der Waals surface area contributed by atoms with Gasteiger partial charge in [0.15, 0.2) is 0 Å². The van der Waals surface area contributed by atoms with Gasteiger partial charge in [0, 0.05) is 61.2 Å². The van der Waals surface area contributed by atoms with Crippen LogP contribution in [0.25, 0.3) is 22.3 Å². The number of hydrogen-bond acceptors (Lipinski definition) is 9. The minimum absolute atomic E-state index is 0.277. The number of carbonyl (C=O) groups excluding carboxylic acids is 2. The lowest BCUT2D eigenvalue weighted by atomic mass is 9.96. The van der Waals surface area contributed by atoms with Crippen LogP contribution >= 0.6 is 0 Å². The number of nitrogens with one attached hydrogen (secondary N) is 1. The molecule has 1 saturated heterocycles. The molecule has 11 nitrogen and oxygen atoms in total. The summed E-state index contributed by atoms with van der Waals surface area (Å²) >= 11 is 0. The molecule has 0 radical (unpaired) electrons. The number of aromatic nitrogens is 4. The van der Waals surface area contributed by atoms with E-state index < -0.39 is 23.8 Å². The van der Waals surface area contributed by atoms with E-state index in [1.54, 1.807) is 39.2 Å². The molecule has 1 fully saturated rings. The SMILES string of the molecule is CN(C)Cc1nc(NC2c3c(ccnc3-c3ccnc4c3ccn4C)C(=O)N2C(=O)OC(C)(C)C)ccc1C1CCOC1. The van der Waals surface area contributed by atoms with Crippen molar-refractivity contribution in [3.63, 3.8) is 0 Å². The maximum absolute atomic E-state index is 13.9. The maximum Gasteiger partial charge on any atom is 0.419 e. The number of aryl methyl sites for hydroxylation is 1. The van der Waals surface area contributed by atoms with Crippen LogP contribution < -0.4 is 5.32 Å². The number of fused-ring (bicyclic) bond motifs is 2. The van der Waals surface area contributed by atoms with Gasteiger partial charge < -0.3 is 24.3 Å². The summed E-state index contributed by atoms with van der Waals surface area (Å²) in [6.07, 6.45) is 4.55. The lowest BCUT2D eigenvalue weighted by Gasteiger charge is -2.29. The molecule has 4 aromatic heterocycles. The molecular weight excluding hydrogens is 546 g/mol. The van der Waals surface area contributed by atoms with Crippen molar-refractivity contribution in [2.45, 2.75) is 51.4 Å². The molecule has 11 heteroatoms. The molecule has 6 rings (SSSR count). The molecule has 0 bridgehead atoms. The third kappa shape index (κ3) is 5.46. The second-order valence-corrected chi connectivity index (χ2v) is 12.4. The van der Waals surface area contributed by atoms with Crippen LogP contribution in [0.4, 0.5) is 10.6 Å². The Labute approximate surface area is 250 Å². The molecule has 4 aromatic rings. The summed E-state index contributed by atoms with van der Waals surface area (Å²) in [6.45, 7) is 7.36. The Bertz CT molecular complexity index is 1700. The number of ether oxygens (including phenoxy) is 2. The summed E-state index contributed by atoms with van der Waals surface area (Å²) in [4.78, 5) is 45.0. The van der Waals surface area contributed by atoms with Gasteiger partial charge in [0.2, 0.25) is 0 Å². The molecule has 2 amide bonds. The van der Waals surface area contributed by atoms with Crippen LogP contribution in [-0.2, 0) is 23.1 Å². The van der Waals surface area contributed by atoms with Crippen molar-refractivity contribution in [1.82, 2.24) is 29.3 Å². The highest BCUT2D eigenvalue weighted by Crippen LogP contribution is 2.42. The average Bonchev–Trinajstić information content (AvgIpc) is 3.67. The molecule has 2 aliphatic heterocycles. The topological polar surface area (TPSA) is 115 Å². The highest BCUT2D eigenvalue weighted by molar-refractivity contribution is 6.09. The largest absolute Gasteiger partial charge is 0.443 e. The number of hydrogen-bond donors (Lipinski definition) is 1. The Morgan fingerprint density at radius 3 is 2.60 bits per heavy atom. The fraction of sp³-hybridized carbons (Fsp3) is 0.406. The van der Waals surface area contributed by atoms with Gasteiger partial charge in [0.25, 0.3) is 5.91 Å². The summed E-state index contributed by atoms with van der Waals surface area (Å²) in [6, 6.07) is 9.49. The third-order valence-electron chi connectivity index (χ3n) is 7.71. The number of rotatable bonds is 6. The number of carbonyl (C=O) groups is 2. The number of nitrogens with zero attached hydrogens (tertiary/aromatic N) is 6. The van der Waals surface area contributed by atoms with Crippen molar-refractivity contribution < 1.29 is 19.1 Å². The van der Waals surface area contributed by atoms with E-state index in [0.717, 1.165) is 45.8 Å². The zero-order chi connectivity index (χ0) is 30.5. The van der Waals surface area contributed by atoms with E-state index in [9.17, 15) is 9.59 Å². The van der Waals surface area contributed by atoms with E-state index in [-0.39, 0.29) is 5.92 Å². The predicted octanol–water partition coefficient (Wildman–Crippen LogP) is 5.10. The monoisotopic (exact) mass is 583 g/mol. The highest BCUT2D eigenvalue weighted by Gasteiger charge is 2.45. The molecule has 0 aromatic carbocycles. The van der Waals surface area contributed by atoms with Crippen LogP contribution in [0.5, 0.6) is 0 Å². The molecule has 0 spiro atoms. The van der Waals surface area contributed by atoms with E-state index in [0.29, 0.717) is 35.8 Å². The molecule has 43 heavy (non-hydrogen) atoms. The number of imide groups is 1. The van der Waals surface area contributed by atoms with Crippen LogP contribution in [0.15, 0.2) is 48.9 Å². The van der Waals surface area contributed by atoms with Crippen molar-refractivity contribution in [2.75, 3.05) is 32.6 Å². The first kappa shape index (κ1) is 28.8. The van der Waals surface area contributed by atoms with Gasteiger partial charge in [-0.25, -0.2) is 19.7 Å². The Morgan fingerprint density at radius 2 is 1.88 bits per heavy atom. The van der Waals surface area contributed by atoms with Gasteiger partial charge in [-0.15, -0.1) is 0 Å². The minimum Gasteiger partial charge on any atom is -0.443 e. The second-order valence-electron chi connectivity index (χ2n) is 12.4. The molecule has 0 saturated carbocycles. The van der Waals surface area contributed by atoms with Crippen molar-refractivity contribution in [3.8, 4) is 11.3 Å². The molecule has 224 valence electrons. The summed E-state index contributed by atoms with van der Waals surface area (Å²) in [5.74, 6) is 0.351. The molecule has 2 unspecified atom stereocenters. The van der Waals surface area contributed by atoms with Crippen molar-refractivity contribution in [3.05, 3.63) is 71.3 Å². The van der Waals surface area contributed by atoms with Gasteiger partial charge in [-0.05, 0) is 71.1 Å². The first-order chi connectivity index (χ1) is 20.5. The van der Waals surface area contributed by atoms with E-state index >= 15 is 0 Å². The van der Waals surface area contributed by atoms with Gasteiger partial charge in [0.1, 0.15) is 23.2 Å². The lowest BCUT2D eigenvalue weighted by molar-refractivity contribution is 0.0208. The Hall–Kier alpha value is -4.35. The van der Waals surface area contributed by atoms with Gasteiger partial charge in [-0.3, -0.25) is 9.78 Å². The van der Waals surface area contributed by atoms with Gasteiger partial charge in [-0.2, -0.15) is 0 Å². The summed E-state index contributed by atoms with van der Waals surface area (Å²) in [5, 5.41) is 4.31. The number of pyridine rings is 3. The Balaban J connectivity index is 1.48. The van der Waals surface area contributed by atoms with E-state index in [2.05, 4.69) is 21.3 Å². The molecule has 2 aliphatic rings. The van der Waals surface area contributed by atoms with Crippen molar-refractivity contribution in [2.24, 2.45) is 7.05 Å². The highest BCUT2D eigenvalue weighted by atomic mass is 16.6. The van der Waals surface area contributed by atoms with Gasteiger partial charge >= 0.3 is 6.09 Å². The standard InChI is InChI=1S/C32H37N7O4/c1-32(2,3)43-31(41)39-29(36-25-8-7-20(19-12-16-42-18-19)24(35-25)17-37(4)5)26-23(30(39)40)10-13-33-27(26)21-9-14-34-28-22(21)11-15-38(28)6/h7-11,13-15,19,29H,12,16-18H2,1-6H3,(H,35,36). The smallest absolute Gasteiger partial charge is 0.419 e. The average molecular weight is 584 g/mol. The van der Waals surface area contributed by atoms with Crippen molar-refractivity contribution in [1.29, 1.82) is 0 Å². The van der Waals surface area contributed by atoms with E-state index in [1.165, 1.54) is 0 Å². The van der Waals surface area contributed by atoms with E-state index in [4.69, 9.17) is 19.4 Å². The van der Waals surface area contributed by atoms with Crippen LogP contribution in [0.1, 0.15) is 66.5 Å². The fourth-order valence-electron chi connectivity index (χ4n) is 5.84. The maximum atomic E-state index is 13.9. The van der Waals surface area contributed by atoms with Crippen LogP contribution in [0, 0.1) is 0 Å². The number of amides is 2. The van der Waals surface area contributed by atoms with Crippen LogP contribution in [0.3, 0.4) is 0 Å². The first-order valence-corrected chi connectivity index (χ1v) is 14.5. The normalized spacial score (nSPS) is 18.5. The third-order valence-corrected chi connectivity index (χ3v) is 7.71. The zero-order valence-electron chi connectivity index (χ0n) is 25.4. The Morgan fingerprint density at radius 1 is 1.12 bits per heavy atom. The zero-order valence-corrected chi connectivity index (χ0v) is 25.4. The van der Waals surface area contributed by atoms with Crippen LogP contribution in [0.2, 0.25) is 0 Å². The molecular formula is C32H37N7O4. The second kappa shape index (κ2) is 11.1. The summed E-state index contributed by atoms with van der Waals surface area (Å²) in [7, 11) is 5.94. The molecule has 1 N–H and O–H groups in total. The number of anilines is 1. The van der Waals surface area contributed by atoms with E-state index in [1.807, 2.05) is 50.1 Å². The lowest BCUT2D eigenvalue weighted by Crippen LogP contribution is -2.41. The van der Waals surface area contributed by atoms with Crippen molar-refractivity contribution >= 4 is 28.9 Å². The fourth-order valence-corrected chi connectivity index (χ4v) is 5.84. The van der Waals surface area contributed by atoms with Crippen LogP contribution in [-0.4, -0.2) is 74.2 Å². The molecule has 0 aliphatic carbocycles. The van der Waals surface area contributed by atoms with Gasteiger partial charge in [-0.1, -0.05) is 6.07 Å².